The number of carbonyl (C=O) groups is 1. The highest BCUT2D eigenvalue weighted by Crippen LogP contribution is 2.39. The zero-order chi connectivity index (χ0) is 14.1. The molecule has 6 nitrogen and oxygen atoms in total. The number of aromatic amines is 1. The maximum absolute atomic E-state index is 12.3. The summed E-state index contributed by atoms with van der Waals surface area (Å²) >= 11 is 0. The van der Waals surface area contributed by atoms with Crippen LogP contribution in [-0.2, 0) is 16.0 Å². The fourth-order valence-electron chi connectivity index (χ4n) is 2.62. The summed E-state index contributed by atoms with van der Waals surface area (Å²) in [4.78, 5) is 12.3. The molecule has 0 aliphatic heterocycles. The van der Waals surface area contributed by atoms with Gasteiger partial charge in [-0.1, -0.05) is 0 Å². The minimum absolute atomic E-state index is 0.179. The molecule has 0 saturated heterocycles. The lowest BCUT2D eigenvalue weighted by Gasteiger charge is -2.23. The number of esters is 1. The van der Waals surface area contributed by atoms with Gasteiger partial charge >= 0.3 is 5.97 Å². The summed E-state index contributed by atoms with van der Waals surface area (Å²) < 4.78 is 10.6. The molecule has 1 aliphatic carbocycles. The Balaban J connectivity index is 2.10. The molecular weight excluding hydrogens is 258 g/mol. The normalized spacial score (nSPS) is 18.0. The van der Waals surface area contributed by atoms with Crippen molar-refractivity contribution in [2.75, 3.05) is 6.61 Å². The number of furan rings is 1. The van der Waals surface area contributed by atoms with Crippen LogP contribution >= 0.6 is 0 Å². The lowest BCUT2D eigenvalue weighted by molar-refractivity contribution is -0.138. The molecule has 104 valence electrons. The SMILES string of the molecule is CCOC(=O)C1=C(C)c2n[nH]nc2CC1c1ccco1. The van der Waals surface area contributed by atoms with Crippen LogP contribution in [0.2, 0.25) is 0 Å². The van der Waals surface area contributed by atoms with Crippen LogP contribution in [0.3, 0.4) is 0 Å². The second kappa shape index (κ2) is 4.96. The number of aromatic nitrogens is 3. The van der Waals surface area contributed by atoms with Crippen molar-refractivity contribution < 1.29 is 13.9 Å². The number of nitrogens with one attached hydrogen (secondary N) is 1. The van der Waals surface area contributed by atoms with Crippen LogP contribution in [-0.4, -0.2) is 28.0 Å². The molecule has 0 saturated carbocycles. The Morgan fingerprint density at radius 1 is 1.55 bits per heavy atom. The molecule has 1 N–H and O–H groups in total. The number of nitrogens with zero attached hydrogens (tertiary/aromatic N) is 2. The molecule has 0 bridgehead atoms. The number of ether oxygens (including phenoxy) is 1. The third-order valence-corrected chi connectivity index (χ3v) is 3.51. The second-order valence-corrected chi connectivity index (χ2v) is 4.65. The van der Waals surface area contributed by atoms with Crippen LogP contribution < -0.4 is 0 Å². The first-order valence-corrected chi connectivity index (χ1v) is 6.53. The lowest BCUT2D eigenvalue weighted by Crippen LogP contribution is -2.21. The van der Waals surface area contributed by atoms with Crippen LogP contribution in [0.4, 0.5) is 0 Å². The zero-order valence-electron chi connectivity index (χ0n) is 11.3. The van der Waals surface area contributed by atoms with Gasteiger partial charge in [0, 0.05) is 6.42 Å². The van der Waals surface area contributed by atoms with Gasteiger partial charge in [-0.2, -0.15) is 15.4 Å². The van der Waals surface area contributed by atoms with Crippen LogP contribution in [0, 0.1) is 0 Å². The molecule has 2 aromatic rings. The average molecular weight is 273 g/mol. The molecule has 2 aromatic heterocycles. The van der Waals surface area contributed by atoms with Crippen molar-refractivity contribution in [3.05, 3.63) is 41.1 Å². The highest BCUT2D eigenvalue weighted by Gasteiger charge is 2.35. The Bertz CT molecular complexity index is 655. The minimum Gasteiger partial charge on any atom is -0.469 e. The minimum atomic E-state index is -0.319. The predicted octanol–water partition coefficient (Wildman–Crippen LogP) is 2.07. The number of hydrogen-bond donors (Lipinski definition) is 1. The fourth-order valence-corrected chi connectivity index (χ4v) is 2.62. The Hall–Kier alpha value is -2.37. The molecule has 20 heavy (non-hydrogen) atoms. The molecule has 0 aromatic carbocycles. The summed E-state index contributed by atoms with van der Waals surface area (Å²) in [7, 11) is 0. The van der Waals surface area contributed by atoms with E-state index in [0.29, 0.717) is 18.6 Å². The molecule has 0 fully saturated rings. The number of hydrogen-bond acceptors (Lipinski definition) is 5. The maximum Gasteiger partial charge on any atom is 0.335 e. The molecule has 1 unspecified atom stereocenters. The third kappa shape index (κ3) is 1.93. The zero-order valence-corrected chi connectivity index (χ0v) is 11.3. The highest BCUT2D eigenvalue weighted by atomic mass is 16.5. The van der Waals surface area contributed by atoms with Crippen molar-refractivity contribution in [2.45, 2.75) is 26.2 Å². The summed E-state index contributed by atoms with van der Waals surface area (Å²) in [6.45, 7) is 3.99. The van der Waals surface area contributed by atoms with Gasteiger partial charge < -0.3 is 9.15 Å². The van der Waals surface area contributed by atoms with Crippen molar-refractivity contribution in [3.63, 3.8) is 0 Å². The molecule has 6 heteroatoms. The van der Waals surface area contributed by atoms with E-state index in [2.05, 4.69) is 15.4 Å². The van der Waals surface area contributed by atoms with E-state index in [1.165, 1.54) is 0 Å². The van der Waals surface area contributed by atoms with Crippen LogP contribution in [0.15, 0.2) is 28.4 Å². The van der Waals surface area contributed by atoms with E-state index in [4.69, 9.17) is 9.15 Å². The van der Waals surface area contributed by atoms with E-state index in [9.17, 15) is 4.79 Å². The first kappa shape index (κ1) is 12.7. The molecule has 2 heterocycles. The van der Waals surface area contributed by atoms with Gasteiger partial charge in [0.15, 0.2) is 0 Å². The summed E-state index contributed by atoms with van der Waals surface area (Å²) in [5, 5.41) is 10.9. The monoisotopic (exact) mass is 273 g/mol. The van der Waals surface area contributed by atoms with E-state index in [0.717, 1.165) is 22.7 Å². The van der Waals surface area contributed by atoms with Crippen molar-refractivity contribution in [1.29, 1.82) is 0 Å². The van der Waals surface area contributed by atoms with E-state index in [1.54, 1.807) is 13.2 Å². The molecule has 0 spiro atoms. The quantitative estimate of drug-likeness (QED) is 0.866. The number of allylic oxidation sites excluding steroid dienone is 1. The van der Waals surface area contributed by atoms with Crippen molar-refractivity contribution in [2.24, 2.45) is 0 Å². The number of carbonyl (C=O) groups excluding carboxylic acids is 1. The Morgan fingerprint density at radius 3 is 3.10 bits per heavy atom. The molecule has 0 radical (unpaired) electrons. The molecule has 1 atom stereocenters. The Kier molecular flexibility index (Phi) is 3.14. The number of fused-ring (bicyclic) bond motifs is 1. The van der Waals surface area contributed by atoms with Gasteiger partial charge in [0.1, 0.15) is 11.5 Å². The summed E-state index contributed by atoms with van der Waals surface area (Å²) in [6, 6.07) is 3.67. The van der Waals surface area contributed by atoms with Gasteiger partial charge in [-0.3, -0.25) is 0 Å². The highest BCUT2D eigenvalue weighted by molar-refractivity contribution is 5.99. The Labute approximate surface area is 115 Å². The largest absolute Gasteiger partial charge is 0.469 e. The van der Waals surface area contributed by atoms with Crippen molar-refractivity contribution >= 4 is 11.5 Å². The topological polar surface area (TPSA) is 81.0 Å². The van der Waals surface area contributed by atoms with Crippen LogP contribution in [0.1, 0.15) is 36.9 Å². The smallest absolute Gasteiger partial charge is 0.335 e. The maximum atomic E-state index is 12.3. The van der Waals surface area contributed by atoms with Gasteiger partial charge in [0.25, 0.3) is 0 Å². The molecule has 0 amide bonds. The van der Waals surface area contributed by atoms with Crippen LogP contribution in [0.5, 0.6) is 0 Å². The number of H-pyrrole nitrogens is 1. The van der Waals surface area contributed by atoms with Crippen molar-refractivity contribution in [1.82, 2.24) is 15.4 Å². The average Bonchev–Trinajstić information content (AvgIpc) is 3.09. The summed E-state index contributed by atoms with van der Waals surface area (Å²) in [5.41, 5.74) is 2.97. The Morgan fingerprint density at radius 2 is 2.40 bits per heavy atom. The molecular formula is C14H15N3O3. The first-order valence-electron chi connectivity index (χ1n) is 6.53. The van der Waals surface area contributed by atoms with Crippen LogP contribution in [0.25, 0.3) is 5.57 Å². The molecule has 3 rings (SSSR count). The van der Waals surface area contributed by atoms with E-state index < -0.39 is 0 Å². The van der Waals surface area contributed by atoms with E-state index in [1.807, 2.05) is 19.1 Å². The number of rotatable bonds is 3. The summed E-state index contributed by atoms with van der Waals surface area (Å²) in [5.74, 6) is 0.239. The summed E-state index contributed by atoms with van der Waals surface area (Å²) in [6.07, 6.45) is 2.18. The van der Waals surface area contributed by atoms with Gasteiger partial charge in [-0.15, -0.1) is 0 Å². The van der Waals surface area contributed by atoms with Gasteiger partial charge in [-0.05, 0) is 31.6 Å². The standard InChI is InChI=1S/C14H15N3O3/c1-3-19-14(18)12-8(2)13-10(15-17-16-13)7-9(12)11-5-4-6-20-11/h4-6,9H,3,7H2,1-2H3,(H,15,16,17). The third-order valence-electron chi connectivity index (χ3n) is 3.51. The van der Waals surface area contributed by atoms with E-state index >= 15 is 0 Å². The van der Waals surface area contributed by atoms with Gasteiger partial charge in [-0.25, -0.2) is 4.79 Å². The van der Waals surface area contributed by atoms with Gasteiger partial charge in [0.2, 0.25) is 0 Å². The van der Waals surface area contributed by atoms with E-state index in [-0.39, 0.29) is 11.9 Å². The van der Waals surface area contributed by atoms with Gasteiger partial charge in [0.05, 0.1) is 30.1 Å². The predicted molar refractivity (Wildman–Crippen MR) is 70.8 cm³/mol. The molecule has 1 aliphatic rings. The fraction of sp³-hybridized carbons (Fsp3) is 0.357. The second-order valence-electron chi connectivity index (χ2n) is 4.65. The van der Waals surface area contributed by atoms with Crippen molar-refractivity contribution in [3.8, 4) is 0 Å². The lowest BCUT2D eigenvalue weighted by atomic mass is 9.82. The first-order chi connectivity index (χ1) is 9.72.